The third kappa shape index (κ3) is 5.70. The van der Waals surface area contributed by atoms with E-state index < -0.39 is 5.97 Å². The van der Waals surface area contributed by atoms with Crippen LogP contribution in [0.4, 0.5) is 15.0 Å². The monoisotopic (exact) mass is 388 g/mol. The molecule has 0 saturated carbocycles. The largest absolute Gasteiger partial charge is 0.481 e. The molecule has 0 unspecified atom stereocenters. The number of aliphatic carboxylic acids is 1. The van der Waals surface area contributed by atoms with Gasteiger partial charge in [0.1, 0.15) is 23.3 Å². The van der Waals surface area contributed by atoms with Gasteiger partial charge in [-0.15, -0.1) is 0 Å². The fourth-order valence-electron chi connectivity index (χ4n) is 2.52. The standard InChI is InChI=1S/C18H21FN6O3/c19-12-5-7-13(8-6-12)25-17(21)14(11-20)15(24-25)3-1-9-22-18(28)23-10-2-4-16(26)27/h5-8H,1-4,9-10,21H2,(H,26,27)(H2,22,23,28). The highest BCUT2D eigenvalue weighted by Gasteiger charge is 2.16. The maximum absolute atomic E-state index is 13.1. The summed E-state index contributed by atoms with van der Waals surface area (Å²) >= 11 is 0. The summed E-state index contributed by atoms with van der Waals surface area (Å²) in [6, 6.07) is 7.23. The third-order valence-corrected chi connectivity index (χ3v) is 3.91. The van der Waals surface area contributed by atoms with Gasteiger partial charge < -0.3 is 21.5 Å². The Balaban J connectivity index is 1.86. The molecule has 148 valence electrons. The number of halogens is 1. The van der Waals surface area contributed by atoms with Crippen molar-refractivity contribution in [2.45, 2.75) is 25.7 Å². The van der Waals surface area contributed by atoms with Gasteiger partial charge in [-0.25, -0.2) is 13.9 Å². The van der Waals surface area contributed by atoms with Gasteiger partial charge in [-0.3, -0.25) is 4.79 Å². The Kier molecular flexibility index (Phi) is 7.33. The van der Waals surface area contributed by atoms with Crippen LogP contribution in [-0.2, 0) is 11.2 Å². The summed E-state index contributed by atoms with van der Waals surface area (Å²) in [7, 11) is 0. The highest BCUT2D eigenvalue weighted by molar-refractivity contribution is 5.73. The van der Waals surface area contributed by atoms with Crippen molar-refractivity contribution in [2.24, 2.45) is 0 Å². The summed E-state index contributed by atoms with van der Waals surface area (Å²) in [4.78, 5) is 22.0. The maximum Gasteiger partial charge on any atom is 0.314 e. The summed E-state index contributed by atoms with van der Waals surface area (Å²) in [6.45, 7) is 0.619. The molecule has 0 fully saturated rings. The summed E-state index contributed by atoms with van der Waals surface area (Å²) in [5.41, 5.74) is 7.28. The number of nitrogens with one attached hydrogen (secondary N) is 2. The second-order valence-corrected chi connectivity index (χ2v) is 5.99. The number of nitrogen functional groups attached to an aromatic ring is 1. The number of hydrogen-bond donors (Lipinski definition) is 4. The molecule has 0 radical (unpaired) electrons. The number of nitrogens with zero attached hydrogens (tertiary/aromatic N) is 3. The van der Waals surface area contributed by atoms with Gasteiger partial charge >= 0.3 is 12.0 Å². The first-order valence-corrected chi connectivity index (χ1v) is 8.69. The first kappa shape index (κ1) is 20.7. The van der Waals surface area contributed by atoms with Gasteiger partial charge in [0, 0.05) is 19.5 Å². The van der Waals surface area contributed by atoms with Crippen molar-refractivity contribution in [3.8, 4) is 11.8 Å². The van der Waals surface area contributed by atoms with Crippen LogP contribution in [0.25, 0.3) is 5.69 Å². The lowest BCUT2D eigenvalue weighted by Gasteiger charge is -2.06. The van der Waals surface area contributed by atoms with E-state index in [1.807, 2.05) is 6.07 Å². The average Bonchev–Trinajstić information content (AvgIpc) is 2.98. The molecule has 1 heterocycles. The quantitative estimate of drug-likeness (QED) is 0.480. The highest BCUT2D eigenvalue weighted by Crippen LogP contribution is 2.21. The number of carbonyl (C=O) groups excluding carboxylic acids is 1. The van der Waals surface area contributed by atoms with E-state index >= 15 is 0 Å². The van der Waals surface area contributed by atoms with Crippen LogP contribution in [-0.4, -0.2) is 40.0 Å². The van der Waals surface area contributed by atoms with E-state index in [-0.39, 0.29) is 36.2 Å². The first-order valence-electron chi connectivity index (χ1n) is 8.69. The van der Waals surface area contributed by atoms with Crippen molar-refractivity contribution < 1.29 is 19.1 Å². The number of hydrogen-bond acceptors (Lipinski definition) is 5. The van der Waals surface area contributed by atoms with E-state index in [9.17, 15) is 19.2 Å². The molecular weight excluding hydrogens is 367 g/mol. The van der Waals surface area contributed by atoms with Crippen molar-refractivity contribution in [2.75, 3.05) is 18.8 Å². The van der Waals surface area contributed by atoms with Gasteiger partial charge in [-0.05, 0) is 43.5 Å². The van der Waals surface area contributed by atoms with Gasteiger partial charge in [-0.2, -0.15) is 10.4 Å². The lowest BCUT2D eigenvalue weighted by atomic mass is 10.1. The molecule has 9 nitrogen and oxygen atoms in total. The van der Waals surface area contributed by atoms with E-state index in [0.29, 0.717) is 37.2 Å². The fourth-order valence-corrected chi connectivity index (χ4v) is 2.52. The van der Waals surface area contributed by atoms with E-state index in [1.54, 1.807) is 0 Å². The first-order chi connectivity index (χ1) is 13.4. The zero-order chi connectivity index (χ0) is 20.5. The molecule has 0 aliphatic rings. The number of anilines is 1. The van der Waals surface area contributed by atoms with Crippen molar-refractivity contribution in [1.82, 2.24) is 20.4 Å². The van der Waals surface area contributed by atoms with E-state index in [2.05, 4.69) is 15.7 Å². The molecule has 0 atom stereocenters. The number of carboxylic acids is 1. The summed E-state index contributed by atoms with van der Waals surface area (Å²) in [6.07, 6.45) is 1.29. The van der Waals surface area contributed by atoms with Crippen molar-refractivity contribution in [3.05, 3.63) is 41.3 Å². The summed E-state index contributed by atoms with van der Waals surface area (Å²) < 4.78 is 14.5. The maximum atomic E-state index is 13.1. The minimum Gasteiger partial charge on any atom is -0.481 e. The number of amides is 2. The Morgan fingerprint density at radius 2 is 1.86 bits per heavy atom. The molecular formula is C18H21FN6O3. The summed E-state index contributed by atoms with van der Waals surface area (Å²) in [5.74, 6) is -1.12. The molecule has 2 amide bonds. The molecule has 5 N–H and O–H groups in total. The summed E-state index contributed by atoms with van der Waals surface area (Å²) in [5, 5.41) is 27.4. The number of aromatic nitrogens is 2. The number of carboxylic acid groups (broad SMARTS) is 1. The Morgan fingerprint density at radius 1 is 1.21 bits per heavy atom. The minimum atomic E-state index is -0.908. The van der Waals surface area contributed by atoms with Crippen LogP contribution in [0.15, 0.2) is 24.3 Å². The molecule has 0 saturated heterocycles. The molecule has 2 aromatic rings. The molecule has 1 aromatic carbocycles. The predicted molar refractivity (Wildman–Crippen MR) is 99.2 cm³/mol. The van der Waals surface area contributed by atoms with Gasteiger partial charge in [0.15, 0.2) is 0 Å². The SMILES string of the molecule is N#Cc1c(CCCNC(=O)NCCCC(=O)O)nn(-c2ccc(F)cc2)c1N. The molecule has 0 aliphatic carbocycles. The molecule has 2 rings (SSSR count). The van der Waals surface area contributed by atoms with E-state index in [0.717, 1.165) is 0 Å². The van der Waals surface area contributed by atoms with Crippen LogP contribution in [0.2, 0.25) is 0 Å². The average molecular weight is 388 g/mol. The van der Waals surface area contributed by atoms with Crippen LogP contribution in [0.3, 0.4) is 0 Å². The third-order valence-electron chi connectivity index (χ3n) is 3.91. The smallest absolute Gasteiger partial charge is 0.314 e. The van der Waals surface area contributed by atoms with Gasteiger partial charge in [0.05, 0.1) is 11.4 Å². The molecule has 1 aromatic heterocycles. The van der Waals surface area contributed by atoms with Crippen molar-refractivity contribution in [3.63, 3.8) is 0 Å². The van der Waals surface area contributed by atoms with Crippen LogP contribution >= 0.6 is 0 Å². The van der Waals surface area contributed by atoms with Gasteiger partial charge in [0.2, 0.25) is 0 Å². The number of carbonyl (C=O) groups is 2. The van der Waals surface area contributed by atoms with Crippen LogP contribution in [0.1, 0.15) is 30.5 Å². The number of benzene rings is 1. The van der Waals surface area contributed by atoms with Crippen LogP contribution in [0, 0.1) is 17.1 Å². The van der Waals surface area contributed by atoms with E-state index in [4.69, 9.17) is 10.8 Å². The number of rotatable bonds is 9. The Morgan fingerprint density at radius 3 is 2.46 bits per heavy atom. The van der Waals surface area contributed by atoms with Crippen molar-refractivity contribution in [1.29, 1.82) is 5.26 Å². The Labute approximate surface area is 160 Å². The van der Waals surface area contributed by atoms with Gasteiger partial charge in [0.25, 0.3) is 0 Å². The van der Waals surface area contributed by atoms with Crippen LogP contribution in [0.5, 0.6) is 0 Å². The molecule has 0 spiro atoms. The Hall–Kier alpha value is -3.61. The number of nitriles is 1. The second-order valence-electron chi connectivity index (χ2n) is 5.99. The topological polar surface area (TPSA) is 146 Å². The molecule has 28 heavy (non-hydrogen) atoms. The zero-order valence-electron chi connectivity index (χ0n) is 15.1. The molecule has 0 bridgehead atoms. The number of nitrogens with two attached hydrogens (primary N) is 1. The number of aryl methyl sites for hydroxylation is 1. The van der Waals surface area contributed by atoms with Crippen molar-refractivity contribution >= 4 is 17.8 Å². The molecule has 0 aliphatic heterocycles. The zero-order valence-corrected chi connectivity index (χ0v) is 15.1. The lowest BCUT2D eigenvalue weighted by Crippen LogP contribution is -2.36. The van der Waals surface area contributed by atoms with Crippen LogP contribution < -0.4 is 16.4 Å². The predicted octanol–water partition coefficient (Wildman–Crippen LogP) is 1.56. The number of urea groups is 1. The fraction of sp³-hybridized carbons (Fsp3) is 0.333. The Bertz CT molecular complexity index is 873. The highest BCUT2D eigenvalue weighted by atomic mass is 19.1. The van der Waals surface area contributed by atoms with Gasteiger partial charge in [-0.1, -0.05) is 0 Å². The lowest BCUT2D eigenvalue weighted by molar-refractivity contribution is -0.137. The minimum absolute atomic E-state index is 0.00461. The second kappa shape index (κ2) is 9.91. The molecule has 10 heteroatoms. The van der Waals surface area contributed by atoms with E-state index in [1.165, 1.54) is 28.9 Å². The normalized spacial score (nSPS) is 10.3.